The number of ether oxygens (including phenoxy) is 1. The molecule has 1 atom stereocenters. The van der Waals surface area contributed by atoms with Crippen molar-refractivity contribution in [3.8, 4) is 5.75 Å². The molecule has 1 aliphatic heterocycles. The Morgan fingerprint density at radius 1 is 1.45 bits per heavy atom. The van der Waals surface area contributed by atoms with Gasteiger partial charge >= 0.3 is 0 Å². The van der Waals surface area contributed by atoms with Crippen LogP contribution in [0.25, 0.3) is 0 Å². The predicted molar refractivity (Wildman–Crippen MR) is 82.6 cm³/mol. The molecular formula is C15H23ClN2O2. The van der Waals surface area contributed by atoms with E-state index in [-0.39, 0.29) is 18.3 Å². The molecule has 2 rings (SSSR count). The number of carbonyl (C=O) groups excluding carboxylic acids is 1. The molecule has 0 aliphatic carbocycles. The molecule has 1 aliphatic rings. The van der Waals surface area contributed by atoms with E-state index in [1.807, 2.05) is 31.2 Å². The summed E-state index contributed by atoms with van der Waals surface area (Å²) in [7, 11) is 0. The lowest BCUT2D eigenvalue weighted by molar-refractivity contribution is -0.121. The molecule has 0 spiro atoms. The van der Waals surface area contributed by atoms with Gasteiger partial charge in [-0.05, 0) is 37.9 Å². The van der Waals surface area contributed by atoms with Crippen molar-refractivity contribution in [1.82, 2.24) is 10.6 Å². The largest absolute Gasteiger partial charge is 0.491 e. The van der Waals surface area contributed by atoms with Crippen molar-refractivity contribution in [3.05, 3.63) is 29.8 Å². The lowest BCUT2D eigenvalue weighted by Crippen LogP contribution is -2.33. The van der Waals surface area contributed by atoms with E-state index in [4.69, 9.17) is 4.74 Å². The number of nitrogens with one attached hydrogen (secondary N) is 2. The maximum absolute atomic E-state index is 11.7. The van der Waals surface area contributed by atoms with Crippen LogP contribution >= 0.6 is 12.4 Å². The highest BCUT2D eigenvalue weighted by atomic mass is 35.5. The van der Waals surface area contributed by atoms with E-state index in [0.717, 1.165) is 24.3 Å². The normalized spacial score (nSPS) is 17.4. The Hall–Kier alpha value is -1.26. The zero-order valence-electron chi connectivity index (χ0n) is 11.9. The van der Waals surface area contributed by atoms with Gasteiger partial charge in [0, 0.05) is 12.5 Å². The predicted octanol–water partition coefficient (Wildman–Crippen LogP) is 2.05. The second-order valence-electron chi connectivity index (χ2n) is 4.96. The number of para-hydroxylation sites is 1. The highest BCUT2D eigenvalue weighted by Gasteiger charge is 2.17. The number of halogens is 1. The molecule has 1 amide bonds. The van der Waals surface area contributed by atoms with Crippen LogP contribution in [0.2, 0.25) is 0 Å². The number of hydrogen-bond donors (Lipinski definition) is 2. The number of hydrogen-bond acceptors (Lipinski definition) is 3. The van der Waals surface area contributed by atoms with E-state index in [2.05, 4.69) is 10.6 Å². The molecule has 0 saturated carbocycles. The van der Waals surface area contributed by atoms with Gasteiger partial charge in [0.1, 0.15) is 12.4 Å². The third-order valence-electron chi connectivity index (χ3n) is 3.37. The van der Waals surface area contributed by atoms with E-state index >= 15 is 0 Å². The summed E-state index contributed by atoms with van der Waals surface area (Å²) in [4.78, 5) is 11.7. The molecular weight excluding hydrogens is 276 g/mol. The van der Waals surface area contributed by atoms with Crippen LogP contribution in [0.4, 0.5) is 0 Å². The number of amides is 1. The van der Waals surface area contributed by atoms with E-state index < -0.39 is 0 Å². The van der Waals surface area contributed by atoms with Gasteiger partial charge in [-0.3, -0.25) is 4.79 Å². The zero-order valence-corrected chi connectivity index (χ0v) is 12.7. The fourth-order valence-electron chi connectivity index (χ4n) is 2.30. The summed E-state index contributed by atoms with van der Waals surface area (Å²) in [6.07, 6.45) is 2.85. The second kappa shape index (κ2) is 8.82. The van der Waals surface area contributed by atoms with Gasteiger partial charge in [0.15, 0.2) is 0 Å². The first-order valence-electron chi connectivity index (χ1n) is 6.94. The molecule has 4 nitrogen and oxygen atoms in total. The number of aryl methyl sites for hydroxylation is 1. The van der Waals surface area contributed by atoms with Gasteiger partial charge in [-0.15, -0.1) is 12.4 Å². The number of carbonyl (C=O) groups is 1. The van der Waals surface area contributed by atoms with Gasteiger partial charge in [-0.1, -0.05) is 18.2 Å². The van der Waals surface area contributed by atoms with Gasteiger partial charge in [-0.25, -0.2) is 0 Å². The van der Waals surface area contributed by atoms with Gasteiger partial charge in [0.2, 0.25) is 5.91 Å². The van der Waals surface area contributed by atoms with Crippen LogP contribution in [-0.4, -0.2) is 31.6 Å². The van der Waals surface area contributed by atoms with Gasteiger partial charge in [0.05, 0.1) is 6.54 Å². The van der Waals surface area contributed by atoms with Gasteiger partial charge in [0.25, 0.3) is 0 Å². The van der Waals surface area contributed by atoms with Crippen LogP contribution in [0.5, 0.6) is 5.75 Å². The zero-order chi connectivity index (χ0) is 13.5. The molecule has 1 unspecified atom stereocenters. The van der Waals surface area contributed by atoms with Crippen LogP contribution in [0, 0.1) is 6.92 Å². The highest BCUT2D eigenvalue weighted by molar-refractivity contribution is 5.85. The molecule has 1 fully saturated rings. The van der Waals surface area contributed by atoms with Gasteiger partial charge in [-0.2, -0.15) is 0 Å². The summed E-state index contributed by atoms with van der Waals surface area (Å²) >= 11 is 0. The number of rotatable bonds is 6. The quantitative estimate of drug-likeness (QED) is 0.790. The van der Waals surface area contributed by atoms with Crippen molar-refractivity contribution in [2.45, 2.75) is 32.2 Å². The van der Waals surface area contributed by atoms with Gasteiger partial charge < -0.3 is 15.4 Å². The first kappa shape index (κ1) is 16.8. The molecule has 1 aromatic rings. The fourth-order valence-corrected chi connectivity index (χ4v) is 2.30. The first-order chi connectivity index (χ1) is 9.25. The average Bonchev–Trinajstić information content (AvgIpc) is 2.89. The lowest BCUT2D eigenvalue weighted by atomic mass is 10.1. The minimum absolute atomic E-state index is 0. The topological polar surface area (TPSA) is 50.4 Å². The van der Waals surface area contributed by atoms with Crippen molar-refractivity contribution >= 4 is 18.3 Å². The van der Waals surface area contributed by atoms with Crippen LogP contribution in [0.15, 0.2) is 24.3 Å². The minimum Gasteiger partial charge on any atom is -0.491 e. The average molecular weight is 299 g/mol. The van der Waals surface area contributed by atoms with Crippen molar-refractivity contribution < 1.29 is 9.53 Å². The standard InChI is InChI=1S/C15H22N2O2.ClH/c1-12-5-2-3-7-14(12)19-10-9-17-15(18)11-13-6-4-8-16-13;/h2-3,5,7,13,16H,4,6,8-11H2,1H3,(H,17,18);1H. The summed E-state index contributed by atoms with van der Waals surface area (Å²) < 4.78 is 5.63. The smallest absolute Gasteiger partial charge is 0.221 e. The molecule has 2 N–H and O–H groups in total. The Balaban J connectivity index is 0.00000200. The van der Waals surface area contributed by atoms with Crippen LogP contribution < -0.4 is 15.4 Å². The summed E-state index contributed by atoms with van der Waals surface area (Å²) in [5, 5.41) is 6.21. The molecule has 0 aromatic heterocycles. The third-order valence-corrected chi connectivity index (χ3v) is 3.37. The molecule has 20 heavy (non-hydrogen) atoms. The van der Waals surface area contributed by atoms with E-state index in [0.29, 0.717) is 25.6 Å². The van der Waals surface area contributed by atoms with E-state index in [1.165, 1.54) is 6.42 Å². The molecule has 0 bridgehead atoms. The summed E-state index contributed by atoms with van der Waals surface area (Å²) in [5.41, 5.74) is 1.11. The third kappa shape index (κ3) is 5.39. The maximum atomic E-state index is 11.7. The van der Waals surface area contributed by atoms with E-state index in [1.54, 1.807) is 0 Å². The second-order valence-corrected chi connectivity index (χ2v) is 4.96. The molecule has 5 heteroatoms. The first-order valence-corrected chi connectivity index (χ1v) is 6.94. The Labute approximate surface area is 126 Å². The Morgan fingerprint density at radius 3 is 2.95 bits per heavy atom. The van der Waals surface area contributed by atoms with Crippen molar-refractivity contribution in [2.24, 2.45) is 0 Å². The Kier molecular flexibility index (Phi) is 7.41. The lowest BCUT2D eigenvalue weighted by Gasteiger charge is -2.12. The Morgan fingerprint density at radius 2 is 2.25 bits per heavy atom. The fraction of sp³-hybridized carbons (Fsp3) is 0.533. The minimum atomic E-state index is 0. The van der Waals surface area contributed by atoms with Crippen LogP contribution in [0.1, 0.15) is 24.8 Å². The molecule has 112 valence electrons. The Bertz CT molecular complexity index is 420. The molecule has 0 radical (unpaired) electrons. The number of benzene rings is 1. The molecule has 1 saturated heterocycles. The van der Waals surface area contributed by atoms with Crippen molar-refractivity contribution in [1.29, 1.82) is 0 Å². The molecule has 1 heterocycles. The van der Waals surface area contributed by atoms with Crippen LogP contribution in [0.3, 0.4) is 0 Å². The van der Waals surface area contributed by atoms with Crippen molar-refractivity contribution in [2.75, 3.05) is 19.7 Å². The van der Waals surface area contributed by atoms with Crippen LogP contribution in [-0.2, 0) is 4.79 Å². The summed E-state index contributed by atoms with van der Waals surface area (Å²) in [5.74, 6) is 0.988. The maximum Gasteiger partial charge on any atom is 0.221 e. The molecule has 1 aromatic carbocycles. The summed E-state index contributed by atoms with van der Waals surface area (Å²) in [6, 6.07) is 8.25. The monoisotopic (exact) mass is 298 g/mol. The van der Waals surface area contributed by atoms with E-state index in [9.17, 15) is 4.79 Å². The van der Waals surface area contributed by atoms with Crippen molar-refractivity contribution in [3.63, 3.8) is 0 Å². The summed E-state index contributed by atoms with van der Waals surface area (Å²) in [6.45, 7) is 4.11. The SMILES string of the molecule is Cc1ccccc1OCCNC(=O)CC1CCCN1.Cl. The highest BCUT2D eigenvalue weighted by Crippen LogP contribution is 2.15.